The number of anilines is 3. The SMILES string of the molecule is CC1(C)c2ccccc2N2c3ccc(-c4cc5ccccc5cc4-c4ccccc4)cc3C(C)(C)c3cccc1c32. The molecule has 8 rings (SSSR count). The Hall–Kier alpha value is -4.62. The summed E-state index contributed by atoms with van der Waals surface area (Å²) in [6.07, 6.45) is 0. The fraction of sp³-hybridized carbons (Fsp3) is 0.150. The molecule has 0 fully saturated rings. The van der Waals surface area contributed by atoms with Gasteiger partial charge in [0.15, 0.2) is 0 Å². The van der Waals surface area contributed by atoms with E-state index in [1.54, 1.807) is 0 Å². The van der Waals surface area contributed by atoms with Gasteiger partial charge in [-0.1, -0.05) is 125 Å². The molecule has 2 aliphatic rings. The second-order valence-electron chi connectivity index (χ2n) is 12.6. The van der Waals surface area contributed by atoms with Crippen LogP contribution in [-0.2, 0) is 10.8 Å². The number of hydrogen-bond donors (Lipinski definition) is 0. The summed E-state index contributed by atoms with van der Waals surface area (Å²) in [7, 11) is 0. The average Bonchev–Trinajstić information content (AvgIpc) is 3.00. The van der Waals surface area contributed by atoms with Gasteiger partial charge in [0.1, 0.15) is 0 Å². The van der Waals surface area contributed by atoms with Crippen molar-refractivity contribution in [2.75, 3.05) is 4.90 Å². The number of rotatable bonds is 2. The lowest BCUT2D eigenvalue weighted by Gasteiger charge is -2.49. The predicted molar refractivity (Wildman–Crippen MR) is 174 cm³/mol. The molecule has 0 radical (unpaired) electrons. The molecule has 0 spiro atoms. The molecule has 0 saturated heterocycles. The molecule has 2 heterocycles. The van der Waals surface area contributed by atoms with Crippen LogP contribution in [-0.4, -0.2) is 0 Å². The minimum atomic E-state index is -0.153. The zero-order chi connectivity index (χ0) is 27.9. The summed E-state index contributed by atoms with van der Waals surface area (Å²) >= 11 is 0. The maximum absolute atomic E-state index is 2.54. The molecule has 0 unspecified atom stereocenters. The summed E-state index contributed by atoms with van der Waals surface area (Å²) in [6.45, 7) is 9.54. The van der Waals surface area contributed by atoms with Gasteiger partial charge in [-0.05, 0) is 85.6 Å². The fourth-order valence-electron chi connectivity index (χ4n) is 7.39. The van der Waals surface area contributed by atoms with E-state index in [1.807, 2.05) is 0 Å². The van der Waals surface area contributed by atoms with Gasteiger partial charge in [-0.25, -0.2) is 0 Å². The Morgan fingerprint density at radius 1 is 0.415 bits per heavy atom. The molecular weight excluding hydrogens is 494 g/mol. The first kappa shape index (κ1) is 24.2. The van der Waals surface area contributed by atoms with Gasteiger partial charge in [0, 0.05) is 10.8 Å². The van der Waals surface area contributed by atoms with Gasteiger partial charge in [0.05, 0.1) is 17.1 Å². The summed E-state index contributed by atoms with van der Waals surface area (Å²) < 4.78 is 0. The van der Waals surface area contributed by atoms with Gasteiger partial charge in [0.25, 0.3) is 0 Å². The zero-order valence-electron chi connectivity index (χ0n) is 24.1. The molecule has 0 saturated carbocycles. The second-order valence-corrected chi connectivity index (χ2v) is 12.6. The Kier molecular flexibility index (Phi) is 4.98. The monoisotopic (exact) mass is 527 g/mol. The van der Waals surface area contributed by atoms with Crippen molar-refractivity contribution in [2.45, 2.75) is 38.5 Å². The van der Waals surface area contributed by atoms with Gasteiger partial charge in [-0.2, -0.15) is 0 Å². The van der Waals surface area contributed by atoms with Crippen LogP contribution in [0.25, 0.3) is 33.0 Å². The Balaban J connectivity index is 1.40. The van der Waals surface area contributed by atoms with E-state index in [0.29, 0.717) is 0 Å². The van der Waals surface area contributed by atoms with Crippen molar-refractivity contribution < 1.29 is 0 Å². The van der Waals surface area contributed by atoms with E-state index in [0.717, 1.165) is 0 Å². The van der Waals surface area contributed by atoms with Gasteiger partial charge < -0.3 is 4.90 Å². The first-order valence-corrected chi connectivity index (χ1v) is 14.6. The summed E-state index contributed by atoms with van der Waals surface area (Å²) in [6, 6.07) is 47.3. The van der Waals surface area contributed by atoms with Crippen LogP contribution in [0, 0.1) is 0 Å². The molecule has 0 atom stereocenters. The normalized spacial score (nSPS) is 15.7. The first-order valence-electron chi connectivity index (χ1n) is 14.6. The lowest BCUT2D eigenvalue weighted by atomic mass is 9.66. The Morgan fingerprint density at radius 3 is 1.66 bits per heavy atom. The molecule has 2 aliphatic heterocycles. The Bertz CT molecular complexity index is 1990. The first-order chi connectivity index (χ1) is 19.9. The van der Waals surface area contributed by atoms with E-state index in [-0.39, 0.29) is 10.8 Å². The third kappa shape index (κ3) is 3.36. The molecule has 0 bridgehead atoms. The van der Waals surface area contributed by atoms with Crippen molar-refractivity contribution in [3.63, 3.8) is 0 Å². The molecule has 6 aromatic carbocycles. The van der Waals surface area contributed by atoms with Gasteiger partial charge in [-0.3, -0.25) is 0 Å². The zero-order valence-corrected chi connectivity index (χ0v) is 24.1. The van der Waals surface area contributed by atoms with E-state index in [9.17, 15) is 0 Å². The molecule has 0 amide bonds. The summed E-state index contributed by atoms with van der Waals surface area (Å²) in [4.78, 5) is 2.54. The lowest BCUT2D eigenvalue weighted by molar-refractivity contribution is 0.597. The second kappa shape index (κ2) is 8.44. The molecule has 0 aliphatic carbocycles. The number of fused-ring (bicyclic) bond motifs is 5. The van der Waals surface area contributed by atoms with Crippen LogP contribution in [0.3, 0.4) is 0 Å². The van der Waals surface area contributed by atoms with Crippen molar-refractivity contribution in [3.8, 4) is 22.3 Å². The van der Waals surface area contributed by atoms with Gasteiger partial charge >= 0.3 is 0 Å². The Labute approximate surface area is 242 Å². The van der Waals surface area contributed by atoms with E-state index < -0.39 is 0 Å². The standard InChI is InChI=1S/C40H33N/c1-39(2)32-17-10-11-20-36(32)41-37-22-21-29(25-35(37)40(3,4)34-19-12-18-33(39)38(34)41)31-24-28-16-9-8-15-27(28)23-30(31)26-13-6-5-7-14-26/h5-25H,1-4H3. The summed E-state index contributed by atoms with van der Waals surface area (Å²) in [5, 5.41) is 2.53. The Morgan fingerprint density at radius 2 is 0.951 bits per heavy atom. The van der Waals surface area contributed by atoms with Gasteiger partial charge in [0.2, 0.25) is 0 Å². The highest BCUT2D eigenvalue weighted by molar-refractivity contribution is 5.98. The molecule has 6 aromatic rings. The van der Waals surface area contributed by atoms with Crippen LogP contribution in [0.1, 0.15) is 49.9 Å². The third-order valence-electron chi connectivity index (χ3n) is 9.62. The quantitative estimate of drug-likeness (QED) is 0.216. The minimum Gasteiger partial charge on any atom is -0.309 e. The number of nitrogens with zero attached hydrogens (tertiary/aromatic N) is 1. The average molecular weight is 528 g/mol. The molecule has 1 heteroatoms. The third-order valence-corrected chi connectivity index (χ3v) is 9.62. The van der Waals surface area contributed by atoms with Crippen molar-refractivity contribution in [3.05, 3.63) is 150 Å². The topological polar surface area (TPSA) is 3.24 Å². The van der Waals surface area contributed by atoms with Crippen LogP contribution in [0.2, 0.25) is 0 Å². The minimum absolute atomic E-state index is 0.0678. The van der Waals surface area contributed by atoms with Crippen LogP contribution in [0.4, 0.5) is 17.1 Å². The highest BCUT2D eigenvalue weighted by Gasteiger charge is 2.45. The number of para-hydroxylation sites is 2. The smallest absolute Gasteiger partial charge is 0.0543 e. The van der Waals surface area contributed by atoms with Gasteiger partial charge in [-0.15, -0.1) is 0 Å². The number of hydrogen-bond acceptors (Lipinski definition) is 1. The maximum atomic E-state index is 2.54. The molecule has 0 aromatic heterocycles. The highest BCUT2D eigenvalue weighted by atomic mass is 15.2. The van der Waals surface area contributed by atoms with Crippen LogP contribution in [0.5, 0.6) is 0 Å². The van der Waals surface area contributed by atoms with E-state index in [2.05, 4.69) is 160 Å². The molecule has 198 valence electrons. The number of benzene rings is 6. The van der Waals surface area contributed by atoms with Crippen LogP contribution >= 0.6 is 0 Å². The summed E-state index contributed by atoms with van der Waals surface area (Å²) in [5.41, 5.74) is 14.3. The largest absolute Gasteiger partial charge is 0.309 e. The van der Waals surface area contributed by atoms with Crippen molar-refractivity contribution in [1.82, 2.24) is 0 Å². The lowest BCUT2D eigenvalue weighted by Crippen LogP contribution is -2.38. The van der Waals surface area contributed by atoms with Crippen molar-refractivity contribution >= 4 is 27.8 Å². The summed E-state index contributed by atoms with van der Waals surface area (Å²) in [5.74, 6) is 0. The van der Waals surface area contributed by atoms with Crippen molar-refractivity contribution in [1.29, 1.82) is 0 Å². The maximum Gasteiger partial charge on any atom is 0.0543 e. The molecule has 1 nitrogen and oxygen atoms in total. The van der Waals surface area contributed by atoms with Crippen LogP contribution in [0.15, 0.2) is 127 Å². The van der Waals surface area contributed by atoms with E-state index in [4.69, 9.17) is 0 Å². The van der Waals surface area contributed by atoms with E-state index >= 15 is 0 Å². The molecule has 41 heavy (non-hydrogen) atoms. The predicted octanol–water partition coefficient (Wildman–Crippen LogP) is 10.9. The van der Waals surface area contributed by atoms with Crippen LogP contribution < -0.4 is 4.90 Å². The van der Waals surface area contributed by atoms with E-state index in [1.165, 1.54) is 72.3 Å². The molecule has 0 N–H and O–H groups in total. The highest BCUT2D eigenvalue weighted by Crippen LogP contribution is 2.60. The van der Waals surface area contributed by atoms with Crippen molar-refractivity contribution in [2.24, 2.45) is 0 Å². The fourth-order valence-corrected chi connectivity index (χ4v) is 7.39. The molecular formula is C40H33N.